The molecule has 0 unspecified atom stereocenters. The largest absolute Gasteiger partial charge is 0.326 e. The zero-order valence-corrected chi connectivity index (χ0v) is 19.2. The monoisotopic (exact) mass is 432 g/mol. The minimum Gasteiger partial charge on any atom is -0.326 e. The fraction of sp³-hybridized carbons (Fsp3) is 0.480. The number of nitrogens with one attached hydrogen (secondary N) is 2. The Balaban J connectivity index is 1.68. The van der Waals surface area contributed by atoms with E-state index in [2.05, 4.69) is 53.2 Å². The molecule has 7 heteroatoms. The highest BCUT2D eigenvalue weighted by Gasteiger charge is 2.32. The van der Waals surface area contributed by atoms with Gasteiger partial charge >= 0.3 is 0 Å². The third kappa shape index (κ3) is 4.62. The summed E-state index contributed by atoms with van der Waals surface area (Å²) >= 11 is 0. The second-order valence-corrected chi connectivity index (χ2v) is 10.0. The molecule has 0 spiro atoms. The molecule has 0 atom stereocenters. The molecule has 1 aromatic carbocycles. The number of aromatic nitrogens is 2. The third-order valence-electron chi connectivity index (χ3n) is 6.95. The van der Waals surface area contributed by atoms with E-state index in [1.54, 1.807) is 0 Å². The lowest BCUT2D eigenvalue weighted by Gasteiger charge is -2.38. The zero-order chi connectivity index (χ0) is 22.9. The molecular formula is C25H32N6O. The number of carbonyl (C=O) groups is 1. The summed E-state index contributed by atoms with van der Waals surface area (Å²) < 4.78 is 0. The van der Waals surface area contributed by atoms with Crippen LogP contribution in [0.5, 0.6) is 0 Å². The second-order valence-electron chi connectivity index (χ2n) is 10.0. The molecule has 1 aliphatic carbocycles. The van der Waals surface area contributed by atoms with Crippen molar-refractivity contribution in [3.05, 3.63) is 53.1 Å². The molecule has 1 amide bonds. The second kappa shape index (κ2) is 8.53. The molecule has 0 bridgehead atoms. The number of piperidine rings is 1. The van der Waals surface area contributed by atoms with Crippen LogP contribution in [0, 0.1) is 16.7 Å². The number of hydrogen-bond acceptors (Lipinski definition) is 5. The number of allylic oxidation sites excluding steroid dienone is 2. The first-order valence-corrected chi connectivity index (χ1v) is 11.3. The first kappa shape index (κ1) is 22.3. The van der Waals surface area contributed by atoms with Gasteiger partial charge in [-0.15, -0.1) is 0 Å². The Hall–Kier alpha value is -2.95. The number of nitrogens with zero attached hydrogens (tertiary/aromatic N) is 3. The van der Waals surface area contributed by atoms with Crippen LogP contribution in [0.3, 0.4) is 0 Å². The lowest BCUT2D eigenvalue weighted by molar-refractivity contribution is 0.101. The molecule has 4 N–H and O–H groups in total. The van der Waals surface area contributed by atoms with Crippen LogP contribution in [0.1, 0.15) is 73.4 Å². The van der Waals surface area contributed by atoms with Crippen molar-refractivity contribution >= 4 is 17.2 Å². The summed E-state index contributed by atoms with van der Waals surface area (Å²) in [6, 6.07) is 8.14. The van der Waals surface area contributed by atoms with E-state index in [1.807, 2.05) is 18.2 Å². The molecule has 1 saturated heterocycles. The van der Waals surface area contributed by atoms with E-state index in [9.17, 15) is 4.79 Å². The van der Waals surface area contributed by atoms with Gasteiger partial charge in [-0.25, -0.2) is 4.98 Å². The average Bonchev–Trinajstić information content (AvgIpc) is 3.26. The van der Waals surface area contributed by atoms with E-state index >= 15 is 0 Å². The topological polar surface area (TPSA) is 111 Å². The van der Waals surface area contributed by atoms with Gasteiger partial charge in [-0.1, -0.05) is 26.0 Å². The van der Waals surface area contributed by atoms with E-state index in [1.165, 1.54) is 11.8 Å². The quantitative estimate of drug-likeness (QED) is 0.676. The molecule has 2 heterocycles. The smallest absolute Gasteiger partial charge is 0.291 e. The van der Waals surface area contributed by atoms with Crippen molar-refractivity contribution in [1.29, 1.82) is 5.26 Å². The number of nitriles is 1. The molecule has 0 radical (unpaired) electrons. The van der Waals surface area contributed by atoms with Gasteiger partial charge in [0.05, 0.1) is 6.20 Å². The van der Waals surface area contributed by atoms with E-state index in [0.29, 0.717) is 0 Å². The van der Waals surface area contributed by atoms with Crippen LogP contribution < -0.4 is 11.1 Å². The maximum atomic E-state index is 12.8. The molecule has 0 saturated carbocycles. The highest BCUT2D eigenvalue weighted by Crippen LogP contribution is 2.41. The number of carbonyl (C=O) groups excluding carboxylic acids is 1. The van der Waals surface area contributed by atoms with Gasteiger partial charge < -0.3 is 20.9 Å². The van der Waals surface area contributed by atoms with Crippen LogP contribution in [-0.2, 0) is 5.54 Å². The first-order chi connectivity index (χ1) is 15.2. The number of likely N-dealkylation sites (tertiary alicyclic amines) is 1. The van der Waals surface area contributed by atoms with Crippen LogP contribution in [0.15, 0.2) is 30.5 Å². The molecule has 1 aliphatic heterocycles. The van der Waals surface area contributed by atoms with Crippen molar-refractivity contribution in [2.45, 2.75) is 51.5 Å². The Bertz CT molecular complexity index is 1080. The lowest BCUT2D eigenvalue weighted by atomic mass is 9.75. The van der Waals surface area contributed by atoms with Gasteiger partial charge in [0.15, 0.2) is 5.82 Å². The number of H-pyrrole nitrogens is 1. The molecule has 7 nitrogen and oxygen atoms in total. The van der Waals surface area contributed by atoms with Crippen molar-refractivity contribution < 1.29 is 4.79 Å². The van der Waals surface area contributed by atoms with Crippen LogP contribution in [0.25, 0.3) is 5.57 Å². The Labute approximate surface area is 189 Å². The first-order valence-electron chi connectivity index (χ1n) is 11.3. The third-order valence-corrected chi connectivity index (χ3v) is 6.95. The van der Waals surface area contributed by atoms with Crippen LogP contribution in [0.2, 0.25) is 0 Å². The molecule has 1 aromatic heterocycles. The number of hydrogen-bond donors (Lipinski definition) is 3. The Kier molecular flexibility index (Phi) is 5.93. The Morgan fingerprint density at radius 1 is 1.28 bits per heavy atom. The van der Waals surface area contributed by atoms with Crippen molar-refractivity contribution in [1.82, 2.24) is 14.9 Å². The van der Waals surface area contributed by atoms with Crippen molar-refractivity contribution in [3.63, 3.8) is 0 Å². The van der Waals surface area contributed by atoms with Gasteiger partial charge in [0.25, 0.3) is 5.91 Å². The fourth-order valence-corrected chi connectivity index (χ4v) is 4.53. The van der Waals surface area contributed by atoms with E-state index in [-0.39, 0.29) is 28.4 Å². The van der Waals surface area contributed by atoms with E-state index in [4.69, 9.17) is 11.0 Å². The maximum Gasteiger partial charge on any atom is 0.291 e. The highest BCUT2D eigenvalue weighted by molar-refractivity contribution is 6.03. The summed E-state index contributed by atoms with van der Waals surface area (Å²) in [5.74, 6) is -0.236. The number of amides is 1. The number of benzene rings is 1. The minimum atomic E-state index is -0.362. The lowest BCUT2D eigenvalue weighted by Crippen LogP contribution is -2.47. The molecule has 1 fully saturated rings. The SMILES string of the molecule is CN1CCC(N)(c2ccc(NC(=O)c3ncc(C#N)[nH]3)c(C3=CCC(C)(C)CC3)c2)CC1. The van der Waals surface area contributed by atoms with Crippen LogP contribution >= 0.6 is 0 Å². The summed E-state index contributed by atoms with van der Waals surface area (Å²) in [4.78, 5) is 21.9. The number of anilines is 1. The zero-order valence-electron chi connectivity index (χ0n) is 19.2. The van der Waals surface area contributed by atoms with E-state index in [0.717, 1.165) is 62.0 Å². The van der Waals surface area contributed by atoms with Gasteiger partial charge in [-0.3, -0.25) is 4.79 Å². The van der Waals surface area contributed by atoms with Crippen molar-refractivity contribution in [3.8, 4) is 6.07 Å². The van der Waals surface area contributed by atoms with Crippen molar-refractivity contribution in [2.75, 3.05) is 25.5 Å². The molecule has 4 rings (SSSR count). The summed E-state index contributed by atoms with van der Waals surface area (Å²) in [7, 11) is 2.13. The van der Waals surface area contributed by atoms with Gasteiger partial charge in [0.1, 0.15) is 11.8 Å². The molecule has 168 valence electrons. The van der Waals surface area contributed by atoms with E-state index < -0.39 is 0 Å². The predicted molar refractivity (Wildman–Crippen MR) is 126 cm³/mol. The van der Waals surface area contributed by atoms with Crippen LogP contribution in [0.4, 0.5) is 5.69 Å². The maximum absolute atomic E-state index is 12.8. The van der Waals surface area contributed by atoms with Gasteiger partial charge in [-0.05, 0) is 80.9 Å². The average molecular weight is 433 g/mol. The molecular weight excluding hydrogens is 400 g/mol. The molecule has 2 aromatic rings. The molecule has 32 heavy (non-hydrogen) atoms. The van der Waals surface area contributed by atoms with Gasteiger partial charge in [0.2, 0.25) is 0 Å². The minimum absolute atomic E-state index is 0.126. The summed E-state index contributed by atoms with van der Waals surface area (Å²) in [5, 5.41) is 12.0. The Morgan fingerprint density at radius 3 is 2.66 bits per heavy atom. The van der Waals surface area contributed by atoms with Gasteiger partial charge in [-0.2, -0.15) is 5.26 Å². The normalized spacial score (nSPS) is 20.3. The van der Waals surface area contributed by atoms with Gasteiger partial charge in [0, 0.05) is 16.8 Å². The standard InChI is InChI=1S/C25H32N6O/c1-24(2)8-6-17(7-9-24)20-14-18(25(27)10-12-31(3)13-11-25)4-5-21(20)30-23(32)22-28-16-19(15-26)29-22/h4-6,14,16H,7-13,27H2,1-3H3,(H,28,29)(H,30,32). The predicted octanol–water partition coefficient (Wildman–Crippen LogP) is 4.01. The summed E-state index contributed by atoms with van der Waals surface area (Å²) in [6.45, 7) is 6.52. The summed E-state index contributed by atoms with van der Waals surface area (Å²) in [5.41, 5.74) is 11.2. The van der Waals surface area contributed by atoms with Crippen molar-refractivity contribution in [2.24, 2.45) is 11.1 Å². The van der Waals surface area contributed by atoms with Crippen LogP contribution in [-0.4, -0.2) is 40.9 Å². The number of rotatable bonds is 4. The number of aromatic amines is 1. The Morgan fingerprint density at radius 2 is 2.03 bits per heavy atom. The number of imidazole rings is 1. The highest BCUT2D eigenvalue weighted by atomic mass is 16.2. The molecule has 2 aliphatic rings. The fourth-order valence-electron chi connectivity index (χ4n) is 4.53. The summed E-state index contributed by atoms with van der Waals surface area (Å²) in [6.07, 6.45) is 8.54. The number of nitrogens with two attached hydrogens (primary N) is 1.